The van der Waals surface area contributed by atoms with Crippen LogP contribution in [0.2, 0.25) is 0 Å². The van der Waals surface area contributed by atoms with Crippen LogP contribution in [0.1, 0.15) is 92.1 Å². The molecule has 1 atom stereocenters. The van der Waals surface area contributed by atoms with Crippen LogP contribution in [-0.2, 0) is 4.74 Å². The Morgan fingerprint density at radius 3 is 1.88 bits per heavy atom. The molecule has 2 heteroatoms. The number of benzene rings is 1. The first kappa shape index (κ1) is 21.3. The summed E-state index contributed by atoms with van der Waals surface area (Å²) in [6, 6.07) is 8.77. The van der Waals surface area contributed by atoms with Gasteiger partial charge in [-0.3, -0.25) is 0 Å². The molecule has 0 bridgehead atoms. The maximum Gasteiger partial charge on any atom is 0.202 e. The van der Waals surface area contributed by atoms with Gasteiger partial charge in [-0.1, -0.05) is 72.9 Å². The van der Waals surface area contributed by atoms with Gasteiger partial charge in [0.1, 0.15) is 5.75 Å². The first-order valence-electron chi connectivity index (χ1n) is 10.5. The summed E-state index contributed by atoms with van der Waals surface area (Å²) >= 11 is 0. The maximum absolute atomic E-state index is 6.28. The van der Waals surface area contributed by atoms with Crippen LogP contribution < -0.4 is 4.74 Å². The van der Waals surface area contributed by atoms with E-state index in [1.54, 1.807) is 0 Å². The largest absolute Gasteiger partial charge is 0.465 e. The van der Waals surface area contributed by atoms with Crippen LogP contribution in [0.25, 0.3) is 0 Å². The zero-order chi connectivity index (χ0) is 19.4. The third-order valence-corrected chi connectivity index (χ3v) is 5.56. The Hall–Kier alpha value is -1.02. The Morgan fingerprint density at radius 2 is 1.42 bits per heavy atom. The van der Waals surface area contributed by atoms with Crippen molar-refractivity contribution in [1.82, 2.24) is 0 Å². The zero-order valence-corrected chi connectivity index (χ0v) is 18.1. The van der Waals surface area contributed by atoms with Gasteiger partial charge in [-0.15, -0.1) is 0 Å². The molecule has 0 N–H and O–H groups in total. The molecule has 0 spiro atoms. The van der Waals surface area contributed by atoms with Gasteiger partial charge in [0.05, 0.1) is 0 Å². The Morgan fingerprint density at radius 1 is 0.885 bits per heavy atom. The van der Waals surface area contributed by atoms with Gasteiger partial charge in [-0.05, 0) is 54.2 Å². The number of ether oxygens (including phenoxy) is 2. The van der Waals surface area contributed by atoms with Crippen LogP contribution in [-0.4, -0.2) is 12.9 Å². The second-order valence-electron chi connectivity index (χ2n) is 10.1. The lowest BCUT2D eigenvalue weighted by atomic mass is 9.64. The summed E-state index contributed by atoms with van der Waals surface area (Å²) in [4.78, 5) is 0. The van der Waals surface area contributed by atoms with Crippen LogP contribution >= 0.6 is 0 Å². The van der Waals surface area contributed by atoms with Crippen molar-refractivity contribution in [2.45, 2.75) is 92.8 Å². The SMILES string of the molecule is CCOC(Oc1ccc(C(C(C)(C)C)C(C)(C)C)cc1)C1CCCCC1. The Labute approximate surface area is 161 Å². The summed E-state index contributed by atoms with van der Waals surface area (Å²) in [5.41, 5.74) is 1.83. The van der Waals surface area contributed by atoms with E-state index in [-0.39, 0.29) is 17.1 Å². The van der Waals surface area contributed by atoms with E-state index in [1.807, 2.05) is 0 Å². The maximum atomic E-state index is 6.28. The molecule has 1 saturated carbocycles. The van der Waals surface area contributed by atoms with E-state index in [4.69, 9.17) is 9.47 Å². The van der Waals surface area contributed by atoms with Gasteiger partial charge in [0.15, 0.2) is 0 Å². The number of hydrogen-bond donors (Lipinski definition) is 0. The van der Waals surface area contributed by atoms with Crippen molar-refractivity contribution in [3.63, 3.8) is 0 Å². The number of rotatable bonds is 6. The molecular weight excluding hydrogens is 320 g/mol. The smallest absolute Gasteiger partial charge is 0.202 e. The van der Waals surface area contributed by atoms with E-state index < -0.39 is 0 Å². The summed E-state index contributed by atoms with van der Waals surface area (Å²) in [5.74, 6) is 1.95. The Kier molecular flexibility index (Phi) is 7.19. The van der Waals surface area contributed by atoms with E-state index in [0.717, 1.165) is 5.75 Å². The predicted molar refractivity (Wildman–Crippen MR) is 111 cm³/mol. The van der Waals surface area contributed by atoms with E-state index >= 15 is 0 Å². The monoisotopic (exact) mass is 360 g/mol. The highest BCUT2D eigenvalue weighted by atomic mass is 16.7. The van der Waals surface area contributed by atoms with Gasteiger partial charge in [0.25, 0.3) is 0 Å². The summed E-state index contributed by atoms with van der Waals surface area (Å²) in [7, 11) is 0. The lowest BCUT2D eigenvalue weighted by molar-refractivity contribution is -0.119. The summed E-state index contributed by atoms with van der Waals surface area (Å²) in [6.07, 6.45) is 6.29. The van der Waals surface area contributed by atoms with Gasteiger partial charge in [0, 0.05) is 12.5 Å². The molecule has 1 aromatic carbocycles. The van der Waals surface area contributed by atoms with Crippen LogP contribution in [0, 0.1) is 16.7 Å². The molecule has 0 amide bonds. The van der Waals surface area contributed by atoms with Gasteiger partial charge in [-0.25, -0.2) is 0 Å². The molecule has 0 aliphatic heterocycles. The third-order valence-electron chi connectivity index (χ3n) is 5.56. The van der Waals surface area contributed by atoms with E-state index in [2.05, 4.69) is 72.7 Å². The van der Waals surface area contributed by atoms with Crippen molar-refractivity contribution >= 4 is 0 Å². The van der Waals surface area contributed by atoms with Gasteiger partial charge >= 0.3 is 0 Å². The van der Waals surface area contributed by atoms with Crippen LogP contribution in [0.4, 0.5) is 0 Å². The quantitative estimate of drug-likeness (QED) is 0.500. The molecule has 2 nitrogen and oxygen atoms in total. The fraction of sp³-hybridized carbons (Fsp3) is 0.750. The minimum absolute atomic E-state index is 0.104. The molecule has 1 unspecified atom stereocenters. The van der Waals surface area contributed by atoms with Gasteiger partial charge < -0.3 is 9.47 Å². The van der Waals surface area contributed by atoms with Crippen LogP contribution in [0.15, 0.2) is 24.3 Å². The second-order valence-corrected chi connectivity index (χ2v) is 10.1. The minimum Gasteiger partial charge on any atom is -0.465 e. The normalized spacial score (nSPS) is 18.2. The van der Waals surface area contributed by atoms with Crippen molar-refractivity contribution < 1.29 is 9.47 Å². The summed E-state index contributed by atoms with van der Waals surface area (Å²) < 4.78 is 12.2. The molecule has 0 aromatic heterocycles. The van der Waals surface area contributed by atoms with Crippen molar-refractivity contribution in [3.8, 4) is 5.75 Å². The molecule has 1 aromatic rings. The van der Waals surface area contributed by atoms with Crippen LogP contribution in [0.5, 0.6) is 5.75 Å². The van der Waals surface area contributed by atoms with Crippen molar-refractivity contribution in [1.29, 1.82) is 0 Å². The Balaban J connectivity index is 2.14. The third kappa shape index (κ3) is 5.74. The van der Waals surface area contributed by atoms with E-state index in [0.29, 0.717) is 18.4 Å². The zero-order valence-electron chi connectivity index (χ0n) is 18.1. The topological polar surface area (TPSA) is 18.5 Å². The van der Waals surface area contributed by atoms with Gasteiger partial charge in [0.2, 0.25) is 6.29 Å². The molecular formula is C24H40O2. The van der Waals surface area contributed by atoms with Crippen molar-refractivity contribution in [3.05, 3.63) is 29.8 Å². The fourth-order valence-electron chi connectivity index (χ4n) is 5.01. The predicted octanol–water partition coefficient (Wildman–Crippen LogP) is 7.18. The van der Waals surface area contributed by atoms with Crippen molar-refractivity contribution in [2.75, 3.05) is 6.61 Å². The molecule has 148 valence electrons. The fourth-order valence-corrected chi connectivity index (χ4v) is 5.01. The van der Waals surface area contributed by atoms with Crippen LogP contribution in [0.3, 0.4) is 0 Å². The highest BCUT2D eigenvalue weighted by Crippen LogP contribution is 2.47. The standard InChI is InChI=1S/C24H40O2/c1-8-25-22(19-12-10-9-11-13-19)26-20-16-14-18(15-17-20)21(23(2,3)4)24(5,6)7/h14-17,19,21-22H,8-13H2,1-7H3. The number of hydrogen-bond acceptors (Lipinski definition) is 2. The average Bonchev–Trinajstić information content (AvgIpc) is 2.54. The highest BCUT2D eigenvalue weighted by molar-refractivity contribution is 5.31. The molecule has 0 radical (unpaired) electrons. The molecule has 0 saturated heterocycles. The van der Waals surface area contributed by atoms with Gasteiger partial charge in [-0.2, -0.15) is 0 Å². The first-order valence-corrected chi connectivity index (χ1v) is 10.5. The summed E-state index contributed by atoms with van der Waals surface area (Å²) in [6.45, 7) is 16.8. The average molecular weight is 361 g/mol. The summed E-state index contributed by atoms with van der Waals surface area (Å²) in [5, 5.41) is 0. The minimum atomic E-state index is -0.104. The lowest BCUT2D eigenvalue weighted by Crippen LogP contribution is -2.32. The molecule has 2 rings (SSSR count). The second kappa shape index (κ2) is 8.78. The van der Waals surface area contributed by atoms with Crippen molar-refractivity contribution in [2.24, 2.45) is 16.7 Å². The Bertz CT molecular complexity index is 513. The molecule has 0 heterocycles. The lowest BCUT2D eigenvalue weighted by Gasteiger charge is -2.41. The van der Waals surface area contributed by atoms with E-state index in [9.17, 15) is 0 Å². The molecule has 1 aliphatic rings. The highest BCUT2D eigenvalue weighted by Gasteiger charge is 2.36. The first-order chi connectivity index (χ1) is 12.1. The molecule has 26 heavy (non-hydrogen) atoms. The van der Waals surface area contributed by atoms with E-state index in [1.165, 1.54) is 37.7 Å². The molecule has 1 fully saturated rings. The molecule has 1 aliphatic carbocycles.